The summed E-state index contributed by atoms with van der Waals surface area (Å²) in [6, 6.07) is 20.5. The summed E-state index contributed by atoms with van der Waals surface area (Å²) >= 11 is 5.59. The zero-order valence-electron chi connectivity index (χ0n) is 16.4. The molecular weight excluding hydrogens is 366 g/mol. The van der Waals surface area contributed by atoms with E-state index in [1.54, 1.807) is 7.11 Å². The highest BCUT2D eigenvalue weighted by Gasteiger charge is 2.38. The van der Waals surface area contributed by atoms with Crippen LogP contribution in [0.15, 0.2) is 54.6 Å². The number of hydrogen-bond donors (Lipinski definition) is 2. The van der Waals surface area contributed by atoms with Gasteiger partial charge in [0.05, 0.1) is 7.11 Å². The zero-order valence-corrected chi connectivity index (χ0v) is 17.3. The maximum absolute atomic E-state index is 5.59. The molecule has 4 nitrogen and oxygen atoms in total. The zero-order chi connectivity index (χ0) is 19.3. The van der Waals surface area contributed by atoms with Gasteiger partial charge in [0.2, 0.25) is 0 Å². The molecule has 2 aromatic rings. The number of benzene rings is 2. The fraction of sp³-hybridized carbons (Fsp3) is 0.435. The number of ether oxygens (including phenoxy) is 1. The Morgan fingerprint density at radius 3 is 2.54 bits per heavy atom. The lowest BCUT2D eigenvalue weighted by Gasteiger charge is -2.49. The Kier molecular flexibility index (Phi) is 6.13. The van der Waals surface area contributed by atoms with E-state index in [0.29, 0.717) is 23.2 Å². The smallest absolute Gasteiger partial charge is 0.170 e. The van der Waals surface area contributed by atoms with Crippen LogP contribution in [-0.2, 0) is 6.54 Å². The normalized spacial score (nSPS) is 24.4. The third kappa shape index (κ3) is 4.65. The average Bonchev–Trinajstić information content (AvgIpc) is 2.69. The van der Waals surface area contributed by atoms with Crippen LogP contribution in [-0.4, -0.2) is 35.2 Å². The lowest BCUT2D eigenvalue weighted by molar-refractivity contribution is 0.0212. The number of rotatable bonds is 5. The van der Waals surface area contributed by atoms with Crippen LogP contribution in [0.3, 0.4) is 0 Å². The summed E-state index contributed by atoms with van der Waals surface area (Å²) in [6.45, 7) is 1.06. The Bertz CT molecular complexity index is 783. The van der Waals surface area contributed by atoms with Gasteiger partial charge in [-0.2, -0.15) is 0 Å². The van der Waals surface area contributed by atoms with Gasteiger partial charge in [-0.25, -0.2) is 0 Å². The summed E-state index contributed by atoms with van der Waals surface area (Å²) in [5, 5.41) is 7.58. The molecule has 2 saturated heterocycles. The van der Waals surface area contributed by atoms with Crippen molar-refractivity contribution in [2.75, 3.05) is 12.4 Å². The molecule has 0 aliphatic carbocycles. The quantitative estimate of drug-likeness (QED) is 0.726. The summed E-state index contributed by atoms with van der Waals surface area (Å²) in [6.07, 6.45) is 6.24. The van der Waals surface area contributed by atoms with Gasteiger partial charge in [-0.1, -0.05) is 42.8 Å². The number of methoxy groups -OCH3 is 1. The van der Waals surface area contributed by atoms with Crippen LogP contribution in [0.1, 0.15) is 37.7 Å². The molecule has 0 unspecified atom stereocenters. The van der Waals surface area contributed by atoms with Gasteiger partial charge < -0.3 is 15.4 Å². The first kappa shape index (κ1) is 19.2. The Morgan fingerprint density at radius 2 is 1.82 bits per heavy atom. The van der Waals surface area contributed by atoms with Crippen LogP contribution in [0, 0.1) is 0 Å². The van der Waals surface area contributed by atoms with E-state index in [9.17, 15) is 0 Å². The van der Waals surface area contributed by atoms with Gasteiger partial charge in [0.1, 0.15) is 5.75 Å². The number of nitrogens with zero attached hydrogens (tertiary/aromatic N) is 1. The number of hydrogen-bond acceptors (Lipinski definition) is 3. The molecule has 28 heavy (non-hydrogen) atoms. The van der Waals surface area contributed by atoms with Crippen LogP contribution in [0.25, 0.3) is 0 Å². The number of nitrogens with one attached hydrogen (secondary N) is 2. The molecule has 0 radical (unpaired) electrons. The molecule has 0 spiro atoms. The third-order valence-electron chi connectivity index (χ3n) is 6.00. The fourth-order valence-electron chi connectivity index (χ4n) is 4.70. The highest BCUT2D eigenvalue weighted by Crippen LogP contribution is 2.35. The standard InChI is InChI=1S/C23H29N3OS/c1-27-22-12-5-9-18(15-22)24-23(28)25-19-13-20-10-6-11-21(14-19)26(20)16-17-7-3-2-4-8-17/h2-5,7-9,12,15,19-21H,6,10-11,13-14,16H2,1H3,(H2,24,25,28)/t20-,21-/m1/s1. The summed E-state index contributed by atoms with van der Waals surface area (Å²) in [5.74, 6) is 0.830. The highest BCUT2D eigenvalue weighted by molar-refractivity contribution is 7.80. The van der Waals surface area contributed by atoms with E-state index in [4.69, 9.17) is 17.0 Å². The minimum atomic E-state index is 0.438. The molecule has 2 atom stereocenters. The van der Waals surface area contributed by atoms with Crippen molar-refractivity contribution >= 4 is 23.0 Å². The molecule has 0 aromatic heterocycles. The summed E-state index contributed by atoms with van der Waals surface area (Å²) in [4.78, 5) is 2.73. The summed E-state index contributed by atoms with van der Waals surface area (Å²) in [7, 11) is 1.68. The molecule has 5 heteroatoms. The van der Waals surface area contributed by atoms with Crippen LogP contribution < -0.4 is 15.4 Å². The molecule has 0 saturated carbocycles. The molecule has 2 N–H and O–H groups in total. The van der Waals surface area contributed by atoms with Gasteiger partial charge in [0, 0.05) is 36.4 Å². The predicted molar refractivity (Wildman–Crippen MR) is 119 cm³/mol. The van der Waals surface area contributed by atoms with Crippen molar-refractivity contribution in [1.29, 1.82) is 0 Å². The lowest BCUT2D eigenvalue weighted by Crippen LogP contribution is -2.56. The van der Waals surface area contributed by atoms with Crippen molar-refractivity contribution in [3.8, 4) is 5.75 Å². The van der Waals surface area contributed by atoms with Crippen molar-refractivity contribution in [3.05, 3.63) is 60.2 Å². The summed E-state index contributed by atoms with van der Waals surface area (Å²) < 4.78 is 5.29. The second kappa shape index (κ2) is 8.93. The topological polar surface area (TPSA) is 36.5 Å². The number of fused-ring (bicyclic) bond motifs is 2. The Morgan fingerprint density at radius 1 is 1.07 bits per heavy atom. The third-order valence-corrected chi connectivity index (χ3v) is 6.22. The SMILES string of the molecule is COc1cccc(NC(=S)NC2C[C@H]3CCC[C@H](C2)N3Cc2ccccc2)c1. The molecule has 2 fully saturated rings. The Labute approximate surface area is 173 Å². The van der Waals surface area contributed by atoms with Crippen LogP contribution >= 0.6 is 12.2 Å². The molecule has 2 bridgehead atoms. The fourth-order valence-corrected chi connectivity index (χ4v) is 4.99. The Balaban J connectivity index is 1.35. The molecule has 2 aliphatic rings. The van der Waals surface area contributed by atoms with Crippen molar-refractivity contribution < 1.29 is 4.74 Å². The van der Waals surface area contributed by atoms with Gasteiger partial charge >= 0.3 is 0 Å². The van der Waals surface area contributed by atoms with Crippen molar-refractivity contribution in [3.63, 3.8) is 0 Å². The van der Waals surface area contributed by atoms with Crippen LogP contribution in [0.2, 0.25) is 0 Å². The molecular formula is C23H29N3OS. The molecule has 4 rings (SSSR count). The van der Waals surface area contributed by atoms with E-state index in [1.165, 1.54) is 24.8 Å². The minimum absolute atomic E-state index is 0.438. The van der Waals surface area contributed by atoms with E-state index < -0.39 is 0 Å². The van der Waals surface area contributed by atoms with Crippen LogP contribution in [0.4, 0.5) is 5.69 Å². The molecule has 0 amide bonds. The average molecular weight is 396 g/mol. The van der Waals surface area contributed by atoms with Crippen molar-refractivity contribution in [1.82, 2.24) is 10.2 Å². The molecule has 2 aliphatic heterocycles. The number of piperidine rings is 2. The lowest BCUT2D eigenvalue weighted by atomic mass is 9.81. The first-order chi connectivity index (χ1) is 13.7. The maximum atomic E-state index is 5.59. The highest BCUT2D eigenvalue weighted by atomic mass is 32.1. The molecule has 2 heterocycles. The number of anilines is 1. The monoisotopic (exact) mass is 395 g/mol. The van der Waals surface area contributed by atoms with Gasteiger partial charge in [0.25, 0.3) is 0 Å². The van der Waals surface area contributed by atoms with Crippen LogP contribution in [0.5, 0.6) is 5.75 Å². The second-order valence-electron chi connectivity index (χ2n) is 7.90. The van der Waals surface area contributed by atoms with Crippen molar-refractivity contribution in [2.24, 2.45) is 0 Å². The first-order valence-electron chi connectivity index (χ1n) is 10.2. The minimum Gasteiger partial charge on any atom is -0.497 e. The van der Waals surface area contributed by atoms with E-state index in [2.05, 4.69) is 45.9 Å². The largest absolute Gasteiger partial charge is 0.497 e. The van der Waals surface area contributed by atoms with Crippen molar-refractivity contribution in [2.45, 2.75) is 56.8 Å². The second-order valence-corrected chi connectivity index (χ2v) is 8.30. The predicted octanol–water partition coefficient (Wildman–Crippen LogP) is 4.57. The van der Waals surface area contributed by atoms with E-state index in [-0.39, 0.29) is 0 Å². The van der Waals surface area contributed by atoms with E-state index in [1.807, 2.05) is 24.3 Å². The van der Waals surface area contributed by atoms with Gasteiger partial charge in [-0.15, -0.1) is 0 Å². The van der Waals surface area contributed by atoms with E-state index >= 15 is 0 Å². The number of thiocarbonyl (C=S) groups is 1. The maximum Gasteiger partial charge on any atom is 0.170 e. The first-order valence-corrected chi connectivity index (χ1v) is 10.6. The summed E-state index contributed by atoms with van der Waals surface area (Å²) in [5.41, 5.74) is 2.37. The van der Waals surface area contributed by atoms with E-state index in [0.717, 1.165) is 30.8 Å². The van der Waals surface area contributed by atoms with Gasteiger partial charge in [-0.05, 0) is 55.6 Å². The molecule has 2 aromatic carbocycles. The molecule has 148 valence electrons. The van der Waals surface area contributed by atoms with Gasteiger partial charge in [0.15, 0.2) is 5.11 Å². The van der Waals surface area contributed by atoms with Gasteiger partial charge in [-0.3, -0.25) is 4.90 Å². The Hall–Kier alpha value is -2.11.